The fourth-order valence-corrected chi connectivity index (χ4v) is 3.37. The fourth-order valence-electron chi connectivity index (χ4n) is 2.23. The van der Waals surface area contributed by atoms with Gasteiger partial charge in [-0.15, -0.1) is 24.8 Å². The molecule has 24 heavy (non-hydrogen) atoms. The van der Waals surface area contributed by atoms with Crippen LogP contribution in [-0.2, 0) is 10.0 Å². The van der Waals surface area contributed by atoms with E-state index in [0.717, 1.165) is 26.2 Å². The number of nitrogens with one attached hydrogen (secondary N) is 2. The van der Waals surface area contributed by atoms with E-state index in [2.05, 4.69) is 14.9 Å². The molecule has 0 spiro atoms. The summed E-state index contributed by atoms with van der Waals surface area (Å²) in [6.07, 6.45) is 0.546. The second kappa shape index (κ2) is 10.4. The lowest BCUT2D eigenvalue weighted by Gasteiger charge is -2.27. The number of rotatable bonds is 6. The Hall–Kier alpha value is -0.580. The van der Waals surface area contributed by atoms with Crippen molar-refractivity contribution in [3.63, 3.8) is 0 Å². The van der Waals surface area contributed by atoms with Crippen LogP contribution in [0.25, 0.3) is 0 Å². The van der Waals surface area contributed by atoms with Crippen molar-refractivity contribution in [3.8, 4) is 0 Å². The van der Waals surface area contributed by atoms with E-state index in [0.29, 0.717) is 19.0 Å². The molecule has 0 radical (unpaired) electrons. The van der Waals surface area contributed by atoms with Gasteiger partial charge in [-0.2, -0.15) is 0 Å². The summed E-state index contributed by atoms with van der Waals surface area (Å²) >= 11 is 0. The molecule has 0 unspecified atom stereocenters. The topological polar surface area (TPSA) is 61.4 Å². The summed E-state index contributed by atoms with van der Waals surface area (Å²) in [6, 6.07) is 0.577. The van der Waals surface area contributed by atoms with Crippen LogP contribution in [0.4, 0.5) is 13.2 Å². The van der Waals surface area contributed by atoms with Gasteiger partial charge in [0, 0.05) is 38.8 Å². The number of benzene rings is 1. The predicted octanol–water partition coefficient (Wildman–Crippen LogP) is 1.52. The van der Waals surface area contributed by atoms with Crippen molar-refractivity contribution in [2.75, 3.05) is 39.3 Å². The predicted molar refractivity (Wildman–Crippen MR) is 89.9 cm³/mol. The van der Waals surface area contributed by atoms with Gasteiger partial charge in [0.2, 0.25) is 10.0 Å². The number of nitrogens with zero attached hydrogens (tertiary/aromatic N) is 1. The molecule has 0 bridgehead atoms. The van der Waals surface area contributed by atoms with E-state index in [9.17, 15) is 21.6 Å². The quantitative estimate of drug-likeness (QED) is 0.552. The Labute approximate surface area is 151 Å². The maximum atomic E-state index is 13.5. The summed E-state index contributed by atoms with van der Waals surface area (Å²) in [7, 11) is -4.20. The minimum Gasteiger partial charge on any atom is -0.314 e. The minimum absolute atomic E-state index is 0. The van der Waals surface area contributed by atoms with Crippen LogP contribution in [0.1, 0.15) is 6.42 Å². The smallest absolute Gasteiger partial charge is 0.243 e. The Morgan fingerprint density at radius 2 is 1.62 bits per heavy atom. The first-order chi connectivity index (χ1) is 10.4. The first-order valence-corrected chi connectivity index (χ1v) is 8.46. The van der Waals surface area contributed by atoms with Crippen LogP contribution in [0, 0.1) is 17.5 Å². The molecule has 5 nitrogen and oxygen atoms in total. The number of hydrogen-bond donors (Lipinski definition) is 2. The van der Waals surface area contributed by atoms with E-state index in [-0.39, 0.29) is 37.4 Å². The monoisotopic (exact) mass is 409 g/mol. The molecule has 1 aliphatic rings. The van der Waals surface area contributed by atoms with E-state index >= 15 is 0 Å². The molecule has 0 amide bonds. The molecule has 2 N–H and O–H groups in total. The number of sulfonamides is 1. The zero-order valence-corrected chi connectivity index (χ0v) is 15.2. The van der Waals surface area contributed by atoms with Gasteiger partial charge in [0.05, 0.1) is 0 Å². The van der Waals surface area contributed by atoms with Crippen LogP contribution in [0.2, 0.25) is 0 Å². The van der Waals surface area contributed by atoms with Crippen LogP contribution in [0.15, 0.2) is 17.0 Å². The molecule has 2 rings (SSSR count). The van der Waals surface area contributed by atoms with Crippen molar-refractivity contribution < 1.29 is 21.6 Å². The largest absolute Gasteiger partial charge is 0.314 e. The molecule has 0 aromatic heterocycles. The maximum Gasteiger partial charge on any atom is 0.243 e. The average Bonchev–Trinajstić information content (AvgIpc) is 2.48. The van der Waals surface area contributed by atoms with Gasteiger partial charge in [-0.3, -0.25) is 0 Å². The van der Waals surface area contributed by atoms with Crippen molar-refractivity contribution in [1.29, 1.82) is 0 Å². The highest BCUT2D eigenvalue weighted by Gasteiger charge is 2.21. The second-order valence-corrected chi connectivity index (χ2v) is 6.78. The standard InChI is InChI=1S/C13H18F3N3O2S.2ClH/c14-10-8-12(16)13(9-11(10)15)22(20,21)18-2-1-5-19-6-3-17-4-7-19;;/h8-9,17-18H,1-7H2;2*1H. The molecule has 1 saturated heterocycles. The van der Waals surface area contributed by atoms with Crippen molar-refractivity contribution in [2.45, 2.75) is 11.3 Å². The Bertz CT molecular complexity index is 629. The summed E-state index contributed by atoms with van der Waals surface area (Å²) < 4.78 is 65.4. The highest BCUT2D eigenvalue weighted by molar-refractivity contribution is 7.89. The molecule has 1 aromatic rings. The van der Waals surface area contributed by atoms with Gasteiger partial charge in [-0.25, -0.2) is 26.3 Å². The van der Waals surface area contributed by atoms with E-state index < -0.39 is 32.4 Å². The van der Waals surface area contributed by atoms with Gasteiger partial charge in [0.25, 0.3) is 0 Å². The molecule has 140 valence electrons. The van der Waals surface area contributed by atoms with E-state index in [4.69, 9.17) is 0 Å². The average molecular weight is 410 g/mol. The first-order valence-electron chi connectivity index (χ1n) is 6.97. The lowest BCUT2D eigenvalue weighted by molar-refractivity contribution is 0.239. The van der Waals surface area contributed by atoms with Crippen LogP contribution in [0.3, 0.4) is 0 Å². The normalized spacial score (nSPS) is 15.5. The van der Waals surface area contributed by atoms with Gasteiger partial charge < -0.3 is 10.2 Å². The summed E-state index contributed by atoms with van der Waals surface area (Å²) in [6.45, 7) is 4.39. The molecule has 1 aromatic carbocycles. The molecule has 0 atom stereocenters. The molecule has 1 heterocycles. The van der Waals surface area contributed by atoms with Gasteiger partial charge in [0.1, 0.15) is 10.7 Å². The maximum absolute atomic E-state index is 13.5. The van der Waals surface area contributed by atoms with Crippen LogP contribution in [0.5, 0.6) is 0 Å². The lowest BCUT2D eigenvalue weighted by Crippen LogP contribution is -2.44. The van der Waals surface area contributed by atoms with E-state index in [1.807, 2.05) is 0 Å². The van der Waals surface area contributed by atoms with Gasteiger partial charge >= 0.3 is 0 Å². The van der Waals surface area contributed by atoms with Gasteiger partial charge in [-0.1, -0.05) is 0 Å². The third-order valence-electron chi connectivity index (χ3n) is 3.42. The molecule has 11 heteroatoms. The second-order valence-electron chi connectivity index (χ2n) is 5.04. The Morgan fingerprint density at radius 3 is 2.25 bits per heavy atom. The van der Waals surface area contributed by atoms with Gasteiger partial charge in [-0.05, 0) is 19.0 Å². The highest BCUT2D eigenvalue weighted by atomic mass is 35.5. The molecular weight excluding hydrogens is 390 g/mol. The molecule has 0 aliphatic carbocycles. The van der Waals surface area contributed by atoms with Crippen molar-refractivity contribution in [1.82, 2.24) is 14.9 Å². The van der Waals surface area contributed by atoms with E-state index in [1.165, 1.54) is 0 Å². The fraction of sp³-hybridized carbons (Fsp3) is 0.538. The molecule has 1 fully saturated rings. The van der Waals surface area contributed by atoms with Crippen molar-refractivity contribution in [3.05, 3.63) is 29.6 Å². The summed E-state index contributed by atoms with van der Waals surface area (Å²) in [5.41, 5.74) is 0. The van der Waals surface area contributed by atoms with Crippen LogP contribution in [-0.4, -0.2) is 52.6 Å². The third kappa shape index (κ3) is 6.38. The van der Waals surface area contributed by atoms with Crippen molar-refractivity contribution in [2.24, 2.45) is 0 Å². The molecular formula is C13H20Cl2F3N3O2S. The van der Waals surface area contributed by atoms with Crippen molar-refractivity contribution >= 4 is 34.8 Å². The molecule has 1 aliphatic heterocycles. The SMILES string of the molecule is Cl.Cl.O=S(=O)(NCCCN1CCNCC1)c1cc(F)c(F)cc1F. The van der Waals surface area contributed by atoms with Crippen LogP contribution >= 0.6 is 24.8 Å². The summed E-state index contributed by atoms with van der Waals surface area (Å²) in [5, 5.41) is 3.21. The van der Waals surface area contributed by atoms with E-state index in [1.54, 1.807) is 0 Å². The van der Waals surface area contributed by atoms with Gasteiger partial charge in [0.15, 0.2) is 11.6 Å². The number of halogens is 5. The third-order valence-corrected chi connectivity index (χ3v) is 4.89. The zero-order chi connectivity index (χ0) is 16.2. The zero-order valence-electron chi connectivity index (χ0n) is 12.7. The lowest BCUT2D eigenvalue weighted by atomic mass is 10.3. The number of piperazine rings is 1. The molecule has 0 saturated carbocycles. The highest BCUT2D eigenvalue weighted by Crippen LogP contribution is 2.18. The first kappa shape index (κ1) is 23.4. The minimum atomic E-state index is -4.20. The summed E-state index contributed by atoms with van der Waals surface area (Å²) in [4.78, 5) is 1.30. The Kier molecular flexibility index (Phi) is 10.2. The Morgan fingerprint density at radius 1 is 1.04 bits per heavy atom. The van der Waals surface area contributed by atoms with Crippen LogP contribution < -0.4 is 10.0 Å². The summed E-state index contributed by atoms with van der Waals surface area (Å²) in [5.74, 6) is -4.13. The number of hydrogen-bond acceptors (Lipinski definition) is 4. The Balaban J connectivity index is 0.00000264.